The molecule has 1 heterocycles. The smallest absolute Gasteiger partial charge is 0.235 e. The van der Waals surface area contributed by atoms with E-state index in [2.05, 4.69) is 9.98 Å². The molecule has 70 valence electrons. The Morgan fingerprint density at radius 3 is 3.07 bits per heavy atom. The van der Waals surface area contributed by atoms with Crippen LogP contribution in [0.25, 0.3) is 10.9 Å². The van der Waals surface area contributed by atoms with Crippen LogP contribution in [0.15, 0.2) is 29.3 Å². The number of nitrogens with zero attached hydrogens (tertiary/aromatic N) is 1. The Morgan fingerprint density at radius 2 is 2.29 bits per heavy atom. The van der Waals surface area contributed by atoms with Crippen LogP contribution < -0.4 is 0 Å². The van der Waals surface area contributed by atoms with E-state index < -0.39 is 0 Å². The minimum Gasteiger partial charge on any atom is -0.357 e. The molecule has 0 aliphatic rings. The molecule has 2 aromatic rings. The molecule has 0 bridgehead atoms. The van der Waals surface area contributed by atoms with Gasteiger partial charge in [-0.2, -0.15) is 4.99 Å². The fraction of sp³-hybridized carbons (Fsp3) is 0.100. The number of aliphatic imine (C=N–C) groups is 1. The standard InChI is InChI=1S/C10H7ClN2O/c11-8-1-2-10-7(3-8)4-9(13-10)5-12-6-14/h1-4,13H,5H2. The average molecular weight is 207 g/mol. The molecule has 0 fully saturated rings. The van der Waals surface area contributed by atoms with Crippen molar-refractivity contribution in [3.05, 3.63) is 35.0 Å². The first kappa shape index (κ1) is 9.00. The normalized spacial score (nSPS) is 10.1. The Hall–Kier alpha value is -1.57. The number of benzene rings is 1. The van der Waals surface area contributed by atoms with Crippen LogP contribution in [0, 0.1) is 0 Å². The lowest BCUT2D eigenvalue weighted by Gasteiger charge is -1.88. The van der Waals surface area contributed by atoms with E-state index >= 15 is 0 Å². The van der Waals surface area contributed by atoms with E-state index in [9.17, 15) is 4.79 Å². The number of isocyanates is 1. The lowest BCUT2D eigenvalue weighted by Crippen LogP contribution is -1.78. The van der Waals surface area contributed by atoms with E-state index in [1.54, 1.807) is 0 Å². The van der Waals surface area contributed by atoms with Gasteiger partial charge in [-0.15, -0.1) is 0 Å². The summed E-state index contributed by atoms with van der Waals surface area (Å²) in [6, 6.07) is 7.49. The third kappa shape index (κ3) is 1.69. The summed E-state index contributed by atoms with van der Waals surface area (Å²) in [5.74, 6) is 0. The van der Waals surface area contributed by atoms with Gasteiger partial charge in [0.05, 0.1) is 6.54 Å². The molecule has 3 nitrogen and oxygen atoms in total. The summed E-state index contributed by atoms with van der Waals surface area (Å²) in [7, 11) is 0. The summed E-state index contributed by atoms with van der Waals surface area (Å²) >= 11 is 5.83. The number of carbonyl (C=O) groups excluding carboxylic acids is 1. The van der Waals surface area contributed by atoms with Gasteiger partial charge in [0.1, 0.15) is 0 Å². The molecule has 1 aromatic carbocycles. The van der Waals surface area contributed by atoms with E-state index in [1.807, 2.05) is 24.3 Å². The Kier molecular flexibility index (Phi) is 2.35. The second kappa shape index (κ2) is 3.66. The number of fused-ring (bicyclic) bond motifs is 1. The quantitative estimate of drug-likeness (QED) is 0.596. The summed E-state index contributed by atoms with van der Waals surface area (Å²) in [5, 5.41) is 1.72. The molecule has 0 aliphatic heterocycles. The molecular formula is C10H7ClN2O. The van der Waals surface area contributed by atoms with Gasteiger partial charge in [0.2, 0.25) is 6.08 Å². The van der Waals surface area contributed by atoms with E-state index in [4.69, 9.17) is 11.6 Å². The SMILES string of the molecule is O=C=NCc1cc2cc(Cl)ccc2[nH]1. The number of hydrogen-bond acceptors (Lipinski definition) is 2. The summed E-state index contributed by atoms with van der Waals surface area (Å²) in [6.07, 6.45) is 1.50. The second-order valence-electron chi connectivity index (χ2n) is 2.93. The molecule has 1 N–H and O–H groups in total. The maximum absolute atomic E-state index is 9.92. The number of aromatic nitrogens is 1. The monoisotopic (exact) mass is 206 g/mol. The average Bonchev–Trinajstić information content (AvgIpc) is 2.56. The Labute approximate surface area is 85.4 Å². The van der Waals surface area contributed by atoms with Gasteiger partial charge in [0, 0.05) is 21.6 Å². The predicted molar refractivity (Wildman–Crippen MR) is 55.1 cm³/mol. The van der Waals surface area contributed by atoms with Crippen LogP contribution in [0.1, 0.15) is 5.69 Å². The van der Waals surface area contributed by atoms with Gasteiger partial charge < -0.3 is 4.98 Å². The zero-order valence-electron chi connectivity index (χ0n) is 7.25. The molecule has 0 unspecified atom stereocenters. The fourth-order valence-electron chi connectivity index (χ4n) is 1.37. The van der Waals surface area contributed by atoms with Crippen molar-refractivity contribution < 1.29 is 4.79 Å². The molecule has 2 rings (SSSR count). The molecule has 0 radical (unpaired) electrons. The van der Waals surface area contributed by atoms with Crippen molar-refractivity contribution >= 4 is 28.6 Å². The Morgan fingerprint density at radius 1 is 1.43 bits per heavy atom. The summed E-state index contributed by atoms with van der Waals surface area (Å²) in [5.41, 5.74) is 1.87. The van der Waals surface area contributed by atoms with Crippen LogP contribution in [-0.2, 0) is 11.3 Å². The van der Waals surface area contributed by atoms with Crippen molar-refractivity contribution in [1.82, 2.24) is 4.98 Å². The van der Waals surface area contributed by atoms with E-state index in [-0.39, 0.29) is 0 Å². The summed E-state index contributed by atoms with van der Waals surface area (Å²) < 4.78 is 0. The molecular weight excluding hydrogens is 200 g/mol. The Balaban J connectivity index is 2.45. The van der Waals surface area contributed by atoms with Crippen LogP contribution in [0.5, 0.6) is 0 Å². The first-order valence-corrected chi connectivity index (χ1v) is 4.48. The van der Waals surface area contributed by atoms with Gasteiger partial charge in [-0.1, -0.05) is 11.6 Å². The lowest BCUT2D eigenvalue weighted by atomic mass is 10.2. The molecule has 0 aliphatic carbocycles. The summed E-state index contributed by atoms with van der Waals surface area (Å²) in [4.78, 5) is 16.5. The molecule has 1 aromatic heterocycles. The minimum atomic E-state index is 0.329. The number of hydrogen-bond donors (Lipinski definition) is 1. The highest BCUT2D eigenvalue weighted by Gasteiger charge is 2.00. The molecule has 4 heteroatoms. The van der Waals surface area contributed by atoms with Crippen molar-refractivity contribution in [3.8, 4) is 0 Å². The third-order valence-electron chi connectivity index (χ3n) is 1.95. The zero-order chi connectivity index (χ0) is 9.97. The van der Waals surface area contributed by atoms with Gasteiger partial charge in [-0.3, -0.25) is 0 Å². The molecule has 14 heavy (non-hydrogen) atoms. The van der Waals surface area contributed by atoms with E-state index in [0.29, 0.717) is 11.6 Å². The van der Waals surface area contributed by atoms with E-state index in [0.717, 1.165) is 16.6 Å². The number of rotatable bonds is 2. The molecule has 0 spiro atoms. The maximum atomic E-state index is 9.92. The van der Waals surface area contributed by atoms with Gasteiger partial charge >= 0.3 is 0 Å². The highest BCUT2D eigenvalue weighted by Crippen LogP contribution is 2.20. The van der Waals surface area contributed by atoms with Gasteiger partial charge in [0.25, 0.3) is 0 Å². The molecule has 0 saturated heterocycles. The van der Waals surface area contributed by atoms with E-state index in [1.165, 1.54) is 6.08 Å². The van der Waals surface area contributed by atoms with Crippen molar-refractivity contribution in [3.63, 3.8) is 0 Å². The topological polar surface area (TPSA) is 45.2 Å². The fourth-order valence-corrected chi connectivity index (χ4v) is 1.55. The third-order valence-corrected chi connectivity index (χ3v) is 2.19. The molecule has 0 atom stereocenters. The van der Waals surface area contributed by atoms with Gasteiger partial charge in [-0.25, -0.2) is 4.79 Å². The first-order chi connectivity index (χ1) is 6.79. The number of nitrogens with one attached hydrogen (secondary N) is 1. The lowest BCUT2D eigenvalue weighted by molar-refractivity contribution is 0.562. The van der Waals surface area contributed by atoms with Crippen LogP contribution in [0.4, 0.5) is 0 Å². The van der Waals surface area contributed by atoms with Gasteiger partial charge in [-0.05, 0) is 24.3 Å². The van der Waals surface area contributed by atoms with Crippen molar-refractivity contribution in [2.24, 2.45) is 4.99 Å². The van der Waals surface area contributed by atoms with Crippen molar-refractivity contribution in [1.29, 1.82) is 0 Å². The highest BCUT2D eigenvalue weighted by molar-refractivity contribution is 6.31. The first-order valence-electron chi connectivity index (χ1n) is 4.10. The molecule has 0 amide bonds. The number of halogens is 1. The number of H-pyrrole nitrogens is 1. The minimum absolute atomic E-state index is 0.329. The molecule has 0 saturated carbocycles. The van der Waals surface area contributed by atoms with Crippen molar-refractivity contribution in [2.75, 3.05) is 0 Å². The van der Waals surface area contributed by atoms with Crippen LogP contribution >= 0.6 is 11.6 Å². The predicted octanol–water partition coefficient (Wildman–Crippen LogP) is 2.66. The summed E-state index contributed by atoms with van der Waals surface area (Å²) in [6.45, 7) is 0.329. The zero-order valence-corrected chi connectivity index (χ0v) is 8.01. The van der Waals surface area contributed by atoms with Crippen LogP contribution in [0.2, 0.25) is 5.02 Å². The second-order valence-corrected chi connectivity index (χ2v) is 3.37. The largest absolute Gasteiger partial charge is 0.357 e. The number of aromatic amines is 1. The van der Waals surface area contributed by atoms with Crippen LogP contribution in [0.3, 0.4) is 0 Å². The van der Waals surface area contributed by atoms with Crippen LogP contribution in [-0.4, -0.2) is 11.1 Å². The maximum Gasteiger partial charge on any atom is 0.235 e. The highest BCUT2D eigenvalue weighted by atomic mass is 35.5. The van der Waals surface area contributed by atoms with Crippen molar-refractivity contribution in [2.45, 2.75) is 6.54 Å². The Bertz CT molecular complexity index is 512. The van der Waals surface area contributed by atoms with Gasteiger partial charge in [0.15, 0.2) is 0 Å².